The molecule has 1 atom stereocenters. The molecular weight excluding hydrogens is 293 g/mol. The Bertz CT molecular complexity index is 797. The first-order valence-corrected chi connectivity index (χ1v) is 7.30. The predicted molar refractivity (Wildman–Crippen MR) is 88.6 cm³/mol. The Morgan fingerprint density at radius 3 is 2.43 bits per heavy atom. The largest absolute Gasteiger partial charge is 0.359 e. The standard InChI is InChI=1S/C18H16FN3O/c1-12(11-23)20-18-16(13-5-3-2-4-6-13)21-17(22-18)14-7-9-15(19)10-8-14/h2-12,20H,1H3,(H,21,22). The first-order chi connectivity index (χ1) is 11.2. The third kappa shape index (κ3) is 3.29. The number of nitrogens with zero attached hydrogens (tertiary/aromatic N) is 1. The summed E-state index contributed by atoms with van der Waals surface area (Å²) in [6, 6.07) is 15.5. The summed E-state index contributed by atoms with van der Waals surface area (Å²) in [5.74, 6) is 0.913. The van der Waals surface area contributed by atoms with Gasteiger partial charge in [-0.2, -0.15) is 0 Å². The number of rotatable bonds is 5. The van der Waals surface area contributed by atoms with Crippen molar-refractivity contribution in [3.8, 4) is 22.6 Å². The summed E-state index contributed by atoms with van der Waals surface area (Å²) in [5, 5.41) is 3.08. The lowest BCUT2D eigenvalue weighted by molar-refractivity contribution is -0.108. The molecule has 2 aromatic carbocycles. The van der Waals surface area contributed by atoms with Gasteiger partial charge in [0.05, 0.1) is 11.7 Å². The highest BCUT2D eigenvalue weighted by Crippen LogP contribution is 2.29. The molecule has 1 unspecified atom stereocenters. The predicted octanol–water partition coefficient (Wildman–Crippen LogP) is 3.88. The first kappa shape index (κ1) is 15.0. The van der Waals surface area contributed by atoms with Crippen molar-refractivity contribution < 1.29 is 9.18 Å². The van der Waals surface area contributed by atoms with E-state index in [1.54, 1.807) is 19.1 Å². The van der Waals surface area contributed by atoms with Crippen LogP contribution >= 0.6 is 0 Å². The molecule has 0 amide bonds. The average molecular weight is 309 g/mol. The molecule has 5 heteroatoms. The maximum Gasteiger partial charge on any atom is 0.153 e. The number of carbonyl (C=O) groups excluding carboxylic acids is 1. The van der Waals surface area contributed by atoms with Crippen LogP contribution in [0.2, 0.25) is 0 Å². The number of nitrogens with one attached hydrogen (secondary N) is 2. The van der Waals surface area contributed by atoms with E-state index in [9.17, 15) is 9.18 Å². The highest BCUT2D eigenvalue weighted by atomic mass is 19.1. The van der Waals surface area contributed by atoms with Gasteiger partial charge in [0.25, 0.3) is 0 Å². The molecule has 1 heterocycles. The smallest absolute Gasteiger partial charge is 0.153 e. The van der Waals surface area contributed by atoms with E-state index in [0.717, 1.165) is 23.1 Å². The molecule has 116 valence electrons. The highest BCUT2D eigenvalue weighted by molar-refractivity contribution is 5.78. The number of halogens is 1. The van der Waals surface area contributed by atoms with Gasteiger partial charge in [-0.3, -0.25) is 0 Å². The molecule has 1 aromatic heterocycles. The zero-order chi connectivity index (χ0) is 16.2. The fourth-order valence-corrected chi connectivity index (χ4v) is 2.29. The molecule has 4 nitrogen and oxygen atoms in total. The minimum atomic E-state index is -0.359. The molecule has 0 fully saturated rings. The van der Waals surface area contributed by atoms with Crippen LogP contribution in [0.4, 0.5) is 10.2 Å². The number of aldehydes is 1. The third-order valence-electron chi connectivity index (χ3n) is 3.45. The molecule has 0 radical (unpaired) electrons. The molecule has 0 saturated carbocycles. The summed E-state index contributed by atoms with van der Waals surface area (Å²) < 4.78 is 13.1. The average Bonchev–Trinajstić information content (AvgIpc) is 3.00. The minimum Gasteiger partial charge on any atom is -0.359 e. The molecule has 3 rings (SSSR count). The van der Waals surface area contributed by atoms with E-state index in [-0.39, 0.29) is 11.9 Å². The van der Waals surface area contributed by atoms with Crippen LogP contribution in [0.1, 0.15) is 6.92 Å². The van der Waals surface area contributed by atoms with E-state index in [4.69, 9.17) is 0 Å². The van der Waals surface area contributed by atoms with Crippen LogP contribution in [0, 0.1) is 5.82 Å². The Morgan fingerprint density at radius 1 is 1.09 bits per heavy atom. The second-order valence-electron chi connectivity index (χ2n) is 5.25. The van der Waals surface area contributed by atoms with Gasteiger partial charge in [-0.15, -0.1) is 0 Å². The van der Waals surface area contributed by atoms with E-state index in [2.05, 4.69) is 15.3 Å². The molecule has 0 aliphatic heterocycles. The Kier molecular flexibility index (Phi) is 4.19. The lowest BCUT2D eigenvalue weighted by Gasteiger charge is -2.08. The van der Waals surface area contributed by atoms with Crippen LogP contribution in [-0.2, 0) is 4.79 Å². The molecule has 0 spiro atoms. The lowest BCUT2D eigenvalue weighted by Crippen LogP contribution is -2.16. The first-order valence-electron chi connectivity index (χ1n) is 7.30. The number of anilines is 1. The van der Waals surface area contributed by atoms with Crippen LogP contribution in [0.25, 0.3) is 22.6 Å². The van der Waals surface area contributed by atoms with Crippen molar-refractivity contribution in [3.63, 3.8) is 0 Å². The van der Waals surface area contributed by atoms with Gasteiger partial charge in [0.15, 0.2) is 5.82 Å². The van der Waals surface area contributed by atoms with Crippen LogP contribution in [-0.4, -0.2) is 22.3 Å². The fraction of sp³-hybridized carbons (Fsp3) is 0.111. The van der Waals surface area contributed by atoms with Crippen molar-refractivity contribution in [1.82, 2.24) is 9.97 Å². The molecule has 23 heavy (non-hydrogen) atoms. The number of aromatic amines is 1. The zero-order valence-corrected chi connectivity index (χ0v) is 12.6. The lowest BCUT2D eigenvalue weighted by atomic mass is 10.1. The number of H-pyrrole nitrogens is 1. The van der Waals surface area contributed by atoms with Crippen molar-refractivity contribution in [1.29, 1.82) is 0 Å². The SMILES string of the molecule is CC(C=O)Nc1nc(-c2ccc(F)cc2)[nH]c1-c1ccccc1. The number of imidazole rings is 1. The molecular formula is C18H16FN3O. The Morgan fingerprint density at radius 2 is 1.78 bits per heavy atom. The summed E-state index contributed by atoms with van der Waals surface area (Å²) in [6.45, 7) is 1.76. The number of benzene rings is 2. The number of aromatic nitrogens is 2. The molecule has 3 aromatic rings. The van der Waals surface area contributed by atoms with E-state index in [1.165, 1.54) is 12.1 Å². The normalized spacial score (nSPS) is 11.9. The molecule has 2 N–H and O–H groups in total. The summed E-state index contributed by atoms with van der Waals surface area (Å²) in [5.41, 5.74) is 2.52. The molecule has 0 aliphatic rings. The van der Waals surface area contributed by atoms with Gasteiger partial charge >= 0.3 is 0 Å². The number of carbonyl (C=O) groups is 1. The Balaban J connectivity index is 2.06. The molecule has 0 saturated heterocycles. The van der Waals surface area contributed by atoms with E-state index >= 15 is 0 Å². The number of hydrogen-bond donors (Lipinski definition) is 2. The van der Waals surface area contributed by atoms with E-state index in [1.807, 2.05) is 30.3 Å². The van der Waals surface area contributed by atoms with Gasteiger partial charge in [0.1, 0.15) is 17.9 Å². The van der Waals surface area contributed by atoms with Crippen LogP contribution in [0.15, 0.2) is 54.6 Å². The Hall–Kier alpha value is -2.95. The van der Waals surface area contributed by atoms with Crippen molar-refractivity contribution in [2.24, 2.45) is 0 Å². The van der Waals surface area contributed by atoms with Gasteiger partial charge in [-0.05, 0) is 31.2 Å². The second kappa shape index (κ2) is 6.44. The topological polar surface area (TPSA) is 57.8 Å². The van der Waals surface area contributed by atoms with E-state index < -0.39 is 0 Å². The number of hydrogen-bond acceptors (Lipinski definition) is 3. The quantitative estimate of drug-likeness (QED) is 0.703. The van der Waals surface area contributed by atoms with Crippen LogP contribution in [0.5, 0.6) is 0 Å². The minimum absolute atomic E-state index is 0.295. The highest BCUT2D eigenvalue weighted by Gasteiger charge is 2.15. The van der Waals surface area contributed by atoms with Gasteiger partial charge in [-0.1, -0.05) is 30.3 Å². The van der Waals surface area contributed by atoms with Crippen molar-refractivity contribution in [3.05, 3.63) is 60.4 Å². The van der Waals surface area contributed by atoms with Crippen LogP contribution < -0.4 is 5.32 Å². The van der Waals surface area contributed by atoms with E-state index in [0.29, 0.717) is 11.6 Å². The van der Waals surface area contributed by atoms with Gasteiger partial charge < -0.3 is 15.1 Å². The summed E-state index contributed by atoms with van der Waals surface area (Å²) in [4.78, 5) is 18.7. The zero-order valence-electron chi connectivity index (χ0n) is 12.6. The maximum absolute atomic E-state index is 13.1. The van der Waals surface area contributed by atoms with Gasteiger partial charge in [-0.25, -0.2) is 9.37 Å². The maximum atomic E-state index is 13.1. The third-order valence-corrected chi connectivity index (χ3v) is 3.45. The second-order valence-corrected chi connectivity index (χ2v) is 5.25. The molecule has 0 aliphatic carbocycles. The monoisotopic (exact) mass is 309 g/mol. The van der Waals surface area contributed by atoms with Gasteiger partial charge in [0, 0.05) is 11.1 Å². The van der Waals surface area contributed by atoms with Crippen LogP contribution in [0.3, 0.4) is 0 Å². The fourth-order valence-electron chi connectivity index (χ4n) is 2.29. The Labute approximate surface area is 133 Å². The van der Waals surface area contributed by atoms with Crippen molar-refractivity contribution in [2.45, 2.75) is 13.0 Å². The summed E-state index contributed by atoms with van der Waals surface area (Å²) >= 11 is 0. The van der Waals surface area contributed by atoms with Crippen molar-refractivity contribution >= 4 is 12.1 Å². The molecule has 0 bridgehead atoms. The summed E-state index contributed by atoms with van der Waals surface area (Å²) in [7, 11) is 0. The van der Waals surface area contributed by atoms with Crippen molar-refractivity contribution in [2.75, 3.05) is 5.32 Å². The van der Waals surface area contributed by atoms with Gasteiger partial charge in [0.2, 0.25) is 0 Å². The summed E-state index contributed by atoms with van der Waals surface area (Å²) in [6.07, 6.45) is 0.820.